The lowest BCUT2D eigenvalue weighted by molar-refractivity contribution is -0.145. The smallest absolute Gasteiger partial charge is 0.306 e. The minimum absolute atomic E-state index is 0.0605. The number of rotatable bonds is 8. The molecule has 2 aromatic rings. The SMILES string of the molecule is Cn1c(C(=O)NC2CC(C(=O)O)C2)cc(-c2cc(C(C)(C)O)cc(C3(C)CC3)c2)c1CC1CCC(F)(F)CC1. The Labute approximate surface area is 228 Å². The molecule has 3 saturated carbocycles. The molecule has 3 aliphatic rings. The lowest BCUT2D eigenvalue weighted by Gasteiger charge is -2.32. The molecule has 3 N–H and O–H groups in total. The number of alkyl halides is 2. The molecule has 1 aromatic heterocycles. The predicted octanol–water partition coefficient (Wildman–Crippen LogP) is 5.93. The van der Waals surface area contributed by atoms with Gasteiger partial charge in [-0.1, -0.05) is 19.1 Å². The maximum atomic E-state index is 13.9. The van der Waals surface area contributed by atoms with Crippen molar-refractivity contribution in [3.05, 3.63) is 46.8 Å². The van der Waals surface area contributed by atoms with E-state index in [1.807, 2.05) is 23.7 Å². The van der Waals surface area contributed by atoms with Crippen molar-refractivity contribution in [3.8, 4) is 11.1 Å². The maximum Gasteiger partial charge on any atom is 0.306 e. The molecule has 1 amide bonds. The average Bonchev–Trinajstić information content (AvgIpc) is 3.50. The number of nitrogens with zero attached hydrogens (tertiary/aromatic N) is 1. The molecule has 0 unspecified atom stereocenters. The highest BCUT2D eigenvalue weighted by molar-refractivity contribution is 5.95. The van der Waals surface area contributed by atoms with Gasteiger partial charge in [0.25, 0.3) is 5.91 Å². The van der Waals surface area contributed by atoms with E-state index < -0.39 is 23.4 Å². The number of amides is 1. The molecule has 0 spiro atoms. The number of halogens is 2. The van der Waals surface area contributed by atoms with Crippen LogP contribution in [-0.4, -0.2) is 38.6 Å². The standard InChI is InChI=1S/C31H40F2N2O4/c1-29(2,39)21-12-19(13-22(16-21)30(3)9-10-30)24-17-26(27(36)34-23-14-20(15-23)28(37)38)35(4)25(24)11-18-5-7-31(32,33)8-6-18/h12-13,16-18,20,23,39H,5-11,14-15H2,1-4H3,(H,34,36)(H,37,38). The summed E-state index contributed by atoms with van der Waals surface area (Å²) >= 11 is 0. The molecular weight excluding hydrogens is 502 g/mol. The van der Waals surface area contributed by atoms with Crippen molar-refractivity contribution in [1.29, 1.82) is 0 Å². The normalized spacial score (nSPS) is 24.2. The fourth-order valence-electron chi connectivity index (χ4n) is 6.09. The summed E-state index contributed by atoms with van der Waals surface area (Å²) in [7, 11) is 1.84. The van der Waals surface area contributed by atoms with Crippen molar-refractivity contribution in [1.82, 2.24) is 9.88 Å². The molecule has 5 rings (SSSR count). The van der Waals surface area contributed by atoms with Crippen LogP contribution >= 0.6 is 0 Å². The van der Waals surface area contributed by atoms with E-state index >= 15 is 0 Å². The van der Waals surface area contributed by atoms with Gasteiger partial charge in [0.15, 0.2) is 0 Å². The van der Waals surface area contributed by atoms with Gasteiger partial charge in [0, 0.05) is 37.2 Å². The molecule has 39 heavy (non-hydrogen) atoms. The third-order valence-corrected chi connectivity index (χ3v) is 9.38. The summed E-state index contributed by atoms with van der Waals surface area (Å²) in [4.78, 5) is 24.6. The largest absolute Gasteiger partial charge is 0.481 e. The van der Waals surface area contributed by atoms with Crippen molar-refractivity contribution >= 4 is 11.9 Å². The van der Waals surface area contributed by atoms with Crippen LogP contribution in [0.15, 0.2) is 24.3 Å². The zero-order valence-corrected chi connectivity index (χ0v) is 23.3. The van der Waals surface area contributed by atoms with Gasteiger partial charge in [-0.05, 0) is 98.9 Å². The van der Waals surface area contributed by atoms with E-state index in [9.17, 15) is 28.6 Å². The molecule has 3 fully saturated rings. The molecule has 1 aromatic carbocycles. The molecule has 0 radical (unpaired) electrons. The number of carbonyl (C=O) groups is 2. The highest BCUT2D eigenvalue weighted by atomic mass is 19.3. The van der Waals surface area contributed by atoms with Gasteiger partial charge in [-0.15, -0.1) is 0 Å². The zero-order chi connectivity index (χ0) is 28.3. The van der Waals surface area contributed by atoms with Crippen LogP contribution in [0.5, 0.6) is 0 Å². The lowest BCUT2D eigenvalue weighted by atomic mass is 9.80. The molecule has 8 heteroatoms. The Morgan fingerprint density at radius 2 is 1.72 bits per heavy atom. The highest BCUT2D eigenvalue weighted by Crippen LogP contribution is 2.49. The van der Waals surface area contributed by atoms with Crippen LogP contribution < -0.4 is 5.32 Å². The summed E-state index contributed by atoms with van der Waals surface area (Å²) in [6, 6.07) is 7.90. The molecule has 0 bridgehead atoms. The number of aromatic nitrogens is 1. The summed E-state index contributed by atoms with van der Waals surface area (Å²) in [5.74, 6) is -4.04. The van der Waals surface area contributed by atoms with Gasteiger partial charge < -0.3 is 20.1 Å². The van der Waals surface area contributed by atoms with Gasteiger partial charge in [-0.3, -0.25) is 9.59 Å². The number of nitrogens with one attached hydrogen (secondary N) is 1. The third kappa shape index (κ3) is 5.76. The van der Waals surface area contributed by atoms with Gasteiger partial charge >= 0.3 is 5.97 Å². The predicted molar refractivity (Wildman–Crippen MR) is 145 cm³/mol. The molecule has 3 aliphatic carbocycles. The Morgan fingerprint density at radius 1 is 1.08 bits per heavy atom. The zero-order valence-electron chi connectivity index (χ0n) is 23.3. The topological polar surface area (TPSA) is 91.6 Å². The fourth-order valence-corrected chi connectivity index (χ4v) is 6.09. The molecule has 0 atom stereocenters. The van der Waals surface area contributed by atoms with E-state index in [2.05, 4.69) is 24.4 Å². The quantitative estimate of drug-likeness (QED) is 0.386. The number of hydrogen-bond acceptors (Lipinski definition) is 3. The molecule has 212 valence electrons. The summed E-state index contributed by atoms with van der Waals surface area (Å²) in [5.41, 5.74) is 4.15. The number of carbonyl (C=O) groups excluding carboxylic acids is 1. The fraction of sp³-hybridized carbons (Fsp3) is 0.613. The average molecular weight is 543 g/mol. The number of carboxylic acids is 1. The number of aliphatic hydroxyl groups is 1. The minimum Gasteiger partial charge on any atom is -0.481 e. The molecule has 6 nitrogen and oxygen atoms in total. The molecule has 0 saturated heterocycles. The van der Waals surface area contributed by atoms with Crippen LogP contribution in [0.25, 0.3) is 11.1 Å². The summed E-state index contributed by atoms with van der Waals surface area (Å²) in [5, 5.41) is 23.1. The Kier molecular flexibility index (Phi) is 6.93. The first-order valence-electron chi connectivity index (χ1n) is 14.1. The van der Waals surface area contributed by atoms with Gasteiger partial charge in [-0.2, -0.15) is 0 Å². The Bertz CT molecular complexity index is 1250. The molecule has 0 aliphatic heterocycles. The van der Waals surface area contributed by atoms with Crippen LogP contribution in [0.2, 0.25) is 0 Å². The maximum absolute atomic E-state index is 13.9. The van der Waals surface area contributed by atoms with Crippen LogP contribution in [0.4, 0.5) is 8.78 Å². The van der Waals surface area contributed by atoms with Crippen molar-refractivity contribution < 1.29 is 28.6 Å². The summed E-state index contributed by atoms with van der Waals surface area (Å²) < 4.78 is 29.7. The first kappa shape index (κ1) is 27.8. The van der Waals surface area contributed by atoms with Crippen molar-refractivity contribution in [2.75, 3.05) is 0 Å². The van der Waals surface area contributed by atoms with E-state index in [1.54, 1.807) is 13.8 Å². The van der Waals surface area contributed by atoms with E-state index in [-0.39, 0.29) is 36.1 Å². The minimum atomic E-state index is -2.61. The van der Waals surface area contributed by atoms with Gasteiger partial charge in [-0.25, -0.2) is 8.78 Å². The molecule has 1 heterocycles. The van der Waals surface area contributed by atoms with Gasteiger partial charge in [0.2, 0.25) is 5.92 Å². The number of aliphatic carboxylic acids is 1. The first-order valence-corrected chi connectivity index (χ1v) is 14.1. The van der Waals surface area contributed by atoms with Crippen molar-refractivity contribution in [3.63, 3.8) is 0 Å². The van der Waals surface area contributed by atoms with E-state index in [0.29, 0.717) is 37.8 Å². The third-order valence-electron chi connectivity index (χ3n) is 9.38. The summed E-state index contributed by atoms with van der Waals surface area (Å²) in [6.45, 7) is 5.75. The van der Waals surface area contributed by atoms with Crippen LogP contribution in [0.3, 0.4) is 0 Å². The lowest BCUT2D eigenvalue weighted by Crippen LogP contribution is -2.47. The van der Waals surface area contributed by atoms with E-state index in [4.69, 9.17) is 0 Å². The second-order valence-electron chi connectivity index (χ2n) is 13.0. The van der Waals surface area contributed by atoms with Crippen LogP contribution in [-0.2, 0) is 29.3 Å². The Balaban J connectivity index is 1.52. The van der Waals surface area contributed by atoms with E-state index in [0.717, 1.165) is 40.8 Å². The summed E-state index contributed by atoms with van der Waals surface area (Å²) in [6.07, 6.45) is 4.20. The van der Waals surface area contributed by atoms with Gasteiger partial charge in [0.1, 0.15) is 5.69 Å². The molecular formula is C31H40F2N2O4. The number of benzene rings is 1. The number of hydrogen-bond donors (Lipinski definition) is 3. The Hall–Kier alpha value is -2.74. The van der Waals surface area contributed by atoms with Crippen molar-refractivity contribution in [2.45, 2.75) is 102 Å². The van der Waals surface area contributed by atoms with Crippen LogP contribution in [0.1, 0.15) is 99.4 Å². The van der Waals surface area contributed by atoms with Crippen molar-refractivity contribution in [2.24, 2.45) is 18.9 Å². The second-order valence-corrected chi connectivity index (χ2v) is 13.0. The highest BCUT2D eigenvalue weighted by Gasteiger charge is 2.41. The van der Waals surface area contributed by atoms with E-state index in [1.165, 1.54) is 0 Å². The Morgan fingerprint density at radius 3 is 2.28 bits per heavy atom. The second kappa shape index (κ2) is 9.72. The first-order chi connectivity index (χ1) is 18.1. The van der Waals surface area contributed by atoms with Gasteiger partial charge in [0.05, 0.1) is 11.5 Å². The monoisotopic (exact) mass is 542 g/mol. The van der Waals surface area contributed by atoms with Crippen LogP contribution in [0, 0.1) is 11.8 Å². The number of carboxylic acid groups (broad SMARTS) is 1.